The van der Waals surface area contributed by atoms with Gasteiger partial charge in [0.25, 0.3) is 0 Å². The second kappa shape index (κ2) is 6.02. The zero-order chi connectivity index (χ0) is 13.9. The predicted octanol–water partition coefficient (Wildman–Crippen LogP) is 2.12. The number of aromatic hydroxyl groups is 1. The molecule has 0 aromatic heterocycles. The zero-order valence-corrected chi connectivity index (χ0v) is 12.1. The van der Waals surface area contributed by atoms with Gasteiger partial charge in [0, 0.05) is 25.2 Å². The molecule has 4 heteroatoms. The molecule has 2 aliphatic rings. The first-order chi connectivity index (χ1) is 9.78. The average molecular weight is 276 g/mol. The number of piperidine rings is 1. The van der Waals surface area contributed by atoms with Gasteiger partial charge in [-0.05, 0) is 43.5 Å². The van der Waals surface area contributed by atoms with E-state index in [1.165, 1.54) is 38.8 Å². The van der Waals surface area contributed by atoms with Crippen molar-refractivity contribution in [2.75, 3.05) is 20.2 Å². The summed E-state index contributed by atoms with van der Waals surface area (Å²) in [5.74, 6) is 0.755. The van der Waals surface area contributed by atoms with Crippen LogP contribution in [0.1, 0.15) is 31.2 Å². The highest BCUT2D eigenvalue weighted by molar-refractivity contribution is 5.41. The summed E-state index contributed by atoms with van der Waals surface area (Å²) >= 11 is 0. The van der Waals surface area contributed by atoms with Crippen molar-refractivity contribution in [3.8, 4) is 11.5 Å². The molecule has 2 N–H and O–H groups in total. The number of rotatable bonds is 4. The molecule has 0 radical (unpaired) electrons. The monoisotopic (exact) mass is 276 g/mol. The lowest BCUT2D eigenvalue weighted by molar-refractivity contribution is 0.180. The Hall–Kier alpha value is -1.26. The Morgan fingerprint density at radius 2 is 2.20 bits per heavy atom. The number of benzene rings is 1. The summed E-state index contributed by atoms with van der Waals surface area (Å²) in [6, 6.07) is 6.95. The van der Waals surface area contributed by atoms with Gasteiger partial charge in [-0.3, -0.25) is 4.90 Å². The van der Waals surface area contributed by atoms with E-state index in [2.05, 4.69) is 10.2 Å². The van der Waals surface area contributed by atoms with Crippen LogP contribution in [-0.2, 0) is 6.54 Å². The fourth-order valence-corrected chi connectivity index (χ4v) is 3.58. The molecule has 2 atom stereocenters. The van der Waals surface area contributed by atoms with Crippen molar-refractivity contribution in [1.82, 2.24) is 10.2 Å². The summed E-state index contributed by atoms with van der Waals surface area (Å²) in [6.07, 6.45) is 5.29. The Balaban J connectivity index is 1.58. The van der Waals surface area contributed by atoms with E-state index in [0.29, 0.717) is 11.8 Å². The largest absolute Gasteiger partial charge is 0.504 e. The van der Waals surface area contributed by atoms with Crippen LogP contribution in [0.15, 0.2) is 18.2 Å². The number of phenolic OH excluding ortho intramolecular Hbond substituents is 1. The minimum absolute atomic E-state index is 0.220. The van der Waals surface area contributed by atoms with Crippen LogP contribution >= 0.6 is 0 Å². The van der Waals surface area contributed by atoms with Crippen LogP contribution in [0.5, 0.6) is 11.5 Å². The lowest BCUT2D eigenvalue weighted by Gasteiger charge is -2.32. The smallest absolute Gasteiger partial charge is 0.160 e. The summed E-state index contributed by atoms with van der Waals surface area (Å²) in [4.78, 5) is 2.63. The van der Waals surface area contributed by atoms with E-state index in [4.69, 9.17) is 4.74 Å². The lowest BCUT2D eigenvalue weighted by atomic mass is 9.99. The first-order valence-electron chi connectivity index (χ1n) is 7.61. The summed E-state index contributed by atoms with van der Waals surface area (Å²) in [5, 5.41) is 13.5. The van der Waals surface area contributed by atoms with E-state index < -0.39 is 0 Å². The van der Waals surface area contributed by atoms with Gasteiger partial charge in [-0.1, -0.05) is 12.5 Å². The maximum absolute atomic E-state index is 9.81. The van der Waals surface area contributed by atoms with Gasteiger partial charge in [-0.2, -0.15) is 0 Å². The normalized spacial score (nSPS) is 26.4. The molecular weight excluding hydrogens is 252 g/mol. The molecule has 0 bridgehead atoms. The van der Waals surface area contributed by atoms with Gasteiger partial charge in [0.05, 0.1) is 7.11 Å². The molecule has 0 amide bonds. The van der Waals surface area contributed by atoms with E-state index >= 15 is 0 Å². The van der Waals surface area contributed by atoms with Crippen molar-refractivity contribution in [3.05, 3.63) is 23.8 Å². The minimum Gasteiger partial charge on any atom is -0.504 e. The van der Waals surface area contributed by atoms with Crippen LogP contribution < -0.4 is 10.1 Å². The molecule has 3 rings (SSSR count). The molecule has 1 aromatic rings. The van der Waals surface area contributed by atoms with Gasteiger partial charge in [-0.15, -0.1) is 0 Å². The minimum atomic E-state index is 0.220. The first-order valence-corrected chi connectivity index (χ1v) is 7.61. The fraction of sp³-hybridized carbons (Fsp3) is 0.625. The van der Waals surface area contributed by atoms with Gasteiger partial charge >= 0.3 is 0 Å². The number of nitrogens with zero attached hydrogens (tertiary/aromatic N) is 1. The van der Waals surface area contributed by atoms with Crippen LogP contribution in [0.4, 0.5) is 0 Å². The zero-order valence-electron chi connectivity index (χ0n) is 12.1. The topological polar surface area (TPSA) is 44.7 Å². The van der Waals surface area contributed by atoms with Crippen molar-refractivity contribution in [2.24, 2.45) is 0 Å². The highest BCUT2D eigenvalue weighted by atomic mass is 16.5. The van der Waals surface area contributed by atoms with Crippen LogP contribution in [0.3, 0.4) is 0 Å². The molecular formula is C16H24N2O2. The Morgan fingerprint density at radius 1 is 1.30 bits per heavy atom. The Kier molecular flexibility index (Phi) is 4.13. The van der Waals surface area contributed by atoms with Gasteiger partial charge < -0.3 is 15.2 Å². The summed E-state index contributed by atoms with van der Waals surface area (Å²) in [6.45, 7) is 3.31. The van der Waals surface area contributed by atoms with Crippen molar-refractivity contribution >= 4 is 0 Å². The lowest BCUT2D eigenvalue weighted by Crippen LogP contribution is -2.44. The summed E-state index contributed by atoms with van der Waals surface area (Å²) < 4.78 is 5.07. The highest BCUT2D eigenvalue weighted by Gasteiger charge is 2.34. The molecule has 0 saturated carbocycles. The molecule has 0 spiro atoms. The van der Waals surface area contributed by atoms with Crippen LogP contribution in [0.2, 0.25) is 0 Å². The molecule has 2 fully saturated rings. The quantitative estimate of drug-likeness (QED) is 0.884. The average Bonchev–Trinajstić information content (AvgIpc) is 2.88. The summed E-state index contributed by atoms with van der Waals surface area (Å²) in [7, 11) is 1.57. The second-order valence-electron chi connectivity index (χ2n) is 5.88. The number of phenols is 1. The maximum Gasteiger partial charge on any atom is 0.160 e. The van der Waals surface area contributed by atoms with Crippen molar-refractivity contribution in [2.45, 2.75) is 44.3 Å². The van der Waals surface area contributed by atoms with E-state index in [-0.39, 0.29) is 5.75 Å². The van der Waals surface area contributed by atoms with Gasteiger partial charge in [0.2, 0.25) is 0 Å². The molecule has 110 valence electrons. The van der Waals surface area contributed by atoms with E-state index in [1.54, 1.807) is 13.2 Å². The number of hydrogen-bond acceptors (Lipinski definition) is 4. The Bertz CT molecular complexity index is 464. The molecule has 2 aliphatic heterocycles. The predicted molar refractivity (Wildman–Crippen MR) is 79.1 cm³/mol. The third-order valence-electron chi connectivity index (χ3n) is 4.67. The van der Waals surface area contributed by atoms with Gasteiger partial charge in [0.1, 0.15) is 0 Å². The molecule has 2 heterocycles. The number of hydrogen-bond donors (Lipinski definition) is 2. The number of fused-ring (bicyclic) bond motifs is 1. The molecule has 0 aliphatic carbocycles. The molecule has 2 unspecified atom stereocenters. The van der Waals surface area contributed by atoms with E-state index in [1.807, 2.05) is 12.1 Å². The summed E-state index contributed by atoms with van der Waals surface area (Å²) in [5.41, 5.74) is 1.11. The van der Waals surface area contributed by atoms with Crippen LogP contribution in [0, 0.1) is 0 Å². The van der Waals surface area contributed by atoms with Crippen LogP contribution in [0.25, 0.3) is 0 Å². The van der Waals surface area contributed by atoms with E-state index in [0.717, 1.165) is 18.2 Å². The molecule has 4 nitrogen and oxygen atoms in total. The third kappa shape index (κ3) is 2.76. The molecule has 2 saturated heterocycles. The Labute approximate surface area is 120 Å². The SMILES string of the molecule is COc1ccc(CNC2CCN3CCCCC23)cc1O. The van der Waals surface area contributed by atoms with Crippen LogP contribution in [-0.4, -0.2) is 42.3 Å². The molecule has 20 heavy (non-hydrogen) atoms. The van der Waals surface area contributed by atoms with Gasteiger partial charge in [-0.25, -0.2) is 0 Å². The highest BCUT2D eigenvalue weighted by Crippen LogP contribution is 2.28. The second-order valence-corrected chi connectivity index (χ2v) is 5.88. The van der Waals surface area contributed by atoms with Crippen molar-refractivity contribution in [1.29, 1.82) is 0 Å². The van der Waals surface area contributed by atoms with Crippen molar-refractivity contribution in [3.63, 3.8) is 0 Å². The molecule has 1 aromatic carbocycles. The van der Waals surface area contributed by atoms with Crippen molar-refractivity contribution < 1.29 is 9.84 Å². The van der Waals surface area contributed by atoms with E-state index in [9.17, 15) is 5.11 Å². The number of methoxy groups -OCH3 is 1. The van der Waals surface area contributed by atoms with Gasteiger partial charge in [0.15, 0.2) is 11.5 Å². The Morgan fingerprint density at radius 3 is 3.00 bits per heavy atom. The standard InChI is InChI=1S/C16H24N2O2/c1-20-16-6-5-12(10-15(16)19)11-17-13-7-9-18-8-3-2-4-14(13)18/h5-6,10,13-14,17,19H,2-4,7-9,11H2,1H3. The maximum atomic E-state index is 9.81. The third-order valence-corrected chi connectivity index (χ3v) is 4.67. The fourth-order valence-electron chi connectivity index (χ4n) is 3.58. The number of nitrogens with one attached hydrogen (secondary N) is 1. The first kappa shape index (κ1) is 13.7. The number of ether oxygens (including phenoxy) is 1.